The Kier molecular flexibility index (Phi) is 14.4. The van der Waals surface area contributed by atoms with Crippen molar-refractivity contribution in [3.05, 3.63) is 161 Å². The standard InChI is InChI=1S/C24H24N6O.C14H14ClN5.C10H11NO/c1-5-19(31)13-17-9-11-18(12-10-17)26-24-25-14-20-22(29-30(4)23(20)28-24)27-21-15(2)7-6-8-16(21)3;1-8-5-4-6-9(2)11(8)17-12-10-7-16-14(15)18-13(10)20(3)19-12;1-2-10(12)7-8-3-5-9(11)6-4-8/h5-12,14H,1,13H2,2-4H3,(H,27,29)(H,25,26,28);4-7H,1-3H3,(H,17,19);2-6H,1,7,11H2. The average Bonchev–Trinajstić information content (AvgIpc) is 3.75. The van der Waals surface area contributed by atoms with Crippen molar-refractivity contribution in [2.45, 2.75) is 40.5 Å². The van der Waals surface area contributed by atoms with Crippen LogP contribution in [0.25, 0.3) is 22.1 Å². The number of nitrogens with zero attached hydrogens (tertiary/aromatic N) is 8. The third kappa shape index (κ3) is 11.4. The van der Waals surface area contributed by atoms with Gasteiger partial charge in [0.1, 0.15) is 0 Å². The fourth-order valence-corrected chi connectivity index (χ4v) is 6.71. The van der Waals surface area contributed by atoms with Crippen LogP contribution in [0.5, 0.6) is 0 Å². The van der Waals surface area contributed by atoms with Gasteiger partial charge < -0.3 is 21.7 Å². The maximum absolute atomic E-state index is 11.5. The van der Waals surface area contributed by atoms with Crippen molar-refractivity contribution in [2.75, 3.05) is 21.7 Å². The predicted molar refractivity (Wildman–Crippen MR) is 254 cm³/mol. The van der Waals surface area contributed by atoms with Gasteiger partial charge in [0, 0.05) is 62.1 Å². The molecule has 0 unspecified atom stereocenters. The molecule has 0 atom stereocenters. The van der Waals surface area contributed by atoms with Crippen LogP contribution >= 0.6 is 11.6 Å². The zero-order chi connectivity index (χ0) is 45.2. The van der Waals surface area contributed by atoms with Crippen LogP contribution in [0, 0.1) is 27.7 Å². The van der Waals surface area contributed by atoms with E-state index in [0.29, 0.717) is 30.1 Å². The molecule has 0 saturated carbocycles. The fourth-order valence-electron chi connectivity index (χ4n) is 6.58. The van der Waals surface area contributed by atoms with Gasteiger partial charge in [0.2, 0.25) is 11.2 Å². The number of allylic oxidation sites excluding steroid dienone is 2. The first-order valence-electron chi connectivity index (χ1n) is 19.9. The second-order valence-corrected chi connectivity index (χ2v) is 15.1. The number of para-hydroxylation sites is 2. The zero-order valence-corrected chi connectivity index (χ0v) is 36.8. The Hall–Kier alpha value is -7.71. The number of hydrogen-bond acceptors (Lipinski definition) is 12. The molecule has 5 N–H and O–H groups in total. The lowest BCUT2D eigenvalue weighted by atomic mass is 10.1. The largest absolute Gasteiger partial charge is 0.399 e. The minimum atomic E-state index is -0.00370. The molecule has 8 aromatic rings. The molecule has 0 fully saturated rings. The molecule has 0 aliphatic carbocycles. The van der Waals surface area contributed by atoms with E-state index in [1.807, 2.05) is 62.6 Å². The topological polar surface area (TPSA) is 183 Å². The van der Waals surface area contributed by atoms with Gasteiger partial charge in [0.25, 0.3) is 0 Å². The van der Waals surface area contributed by atoms with Gasteiger partial charge in [-0.3, -0.25) is 9.59 Å². The SMILES string of the molecule is C=CC(=O)Cc1ccc(N)cc1.C=CC(=O)Cc1ccc(Nc2ncc3c(Nc4c(C)cccc4C)nn(C)c3n2)cc1.Cc1cccc(C)c1Nc1nn(C)c2nc(Cl)ncc12. The number of nitrogen functional groups attached to an aromatic ring is 1. The summed E-state index contributed by atoms with van der Waals surface area (Å²) in [5.41, 5.74) is 17.1. The maximum Gasteiger partial charge on any atom is 0.229 e. The summed E-state index contributed by atoms with van der Waals surface area (Å²) in [7, 11) is 3.70. The minimum Gasteiger partial charge on any atom is -0.399 e. The van der Waals surface area contributed by atoms with Gasteiger partial charge in [-0.25, -0.2) is 19.3 Å². The highest BCUT2D eigenvalue weighted by Crippen LogP contribution is 2.30. The van der Waals surface area contributed by atoms with E-state index in [4.69, 9.17) is 17.3 Å². The van der Waals surface area contributed by atoms with Crippen LogP contribution in [0.3, 0.4) is 0 Å². The minimum absolute atomic E-state index is 0.00370. The van der Waals surface area contributed by atoms with E-state index in [9.17, 15) is 9.59 Å². The van der Waals surface area contributed by atoms with Crippen LogP contribution < -0.4 is 21.7 Å². The lowest BCUT2D eigenvalue weighted by molar-refractivity contribution is -0.114. The highest BCUT2D eigenvalue weighted by atomic mass is 35.5. The summed E-state index contributed by atoms with van der Waals surface area (Å²) in [6, 6.07) is 27.2. The van der Waals surface area contributed by atoms with Crippen molar-refractivity contribution >= 4 is 85.6 Å². The van der Waals surface area contributed by atoms with Gasteiger partial charge in [-0.05, 0) is 109 Å². The van der Waals surface area contributed by atoms with E-state index in [1.54, 1.807) is 33.9 Å². The number of carbonyl (C=O) groups excluding carboxylic acids is 2. The predicted octanol–water partition coefficient (Wildman–Crippen LogP) is 9.71. The number of nitrogens with two attached hydrogens (primary N) is 1. The highest BCUT2D eigenvalue weighted by Gasteiger charge is 2.15. The molecule has 4 aromatic carbocycles. The third-order valence-electron chi connectivity index (χ3n) is 9.98. The van der Waals surface area contributed by atoms with Crippen LogP contribution in [-0.4, -0.2) is 51.1 Å². The maximum atomic E-state index is 11.5. The summed E-state index contributed by atoms with van der Waals surface area (Å²) in [6.07, 6.45) is 6.88. The van der Waals surface area contributed by atoms with E-state index < -0.39 is 0 Å². The van der Waals surface area contributed by atoms with Crippen molar-refractivity contribution in [1.29, 1.82) is 0 Å². The first-order chi connectivity index (χ1) is 30.2. The van der Waals surface area contributed by atoms with E-state index in [0.717, 1.165) is 67.4 Å². The van der Waals surface area contributed by atoms with Gasteiger partial charge in [0.15, 0.2) is 34.5 Å². The fraction of sp³-hybridized carbons (Fsp3) is 0.167. The van der Waals surface area contributed by atoms with Crippen LogP contribution in [0.15, 0.2) is 123 Å². The summed E-state index contributed by atoms with van der Waals surface area (Å²) in [5.74, 6) is 1.95. The molecule has 0 bridgehead atoms. The molecule has 0 amide bonds. The highest BCUT2D eigenvalue weighted by molar-refractivity contribution is 6.28. The van der Waals surface area contributed by atoms with E-state index in [1.165, 1.54) is 23.3 Å². The Morgan fingerprint density at radius 2 is 1.06 bits per heavy atom. The Labute approximate surface area is 371 Å². The molecule has 4 aromatic heterocycles. The Morgan fingerprint density at radius 3 is 1.52 bits per heavy atom. The van der Waals surface area contributed by atoms with Gasteiger partial charge in [-0.15, -0.1) is 0 Å². The molecule has 0 aliphatic heterocycles. The number of halogens is 1. The number of nitrogens with one attached hydrogen (secondary N) is 3. The molecule has 63 heavy (non-hydrogen) atoms. The molecule has 15 heteroatoms. The number of aryl methyl sites for hydroxylation is 6. The number of carbonyl (C=O) groups is 2. The van der Waals surface area contributed by atoms with Crippen molar-refractivity contribution in [1.82, 2.24) is 39.5 Å². The summed E-state index contributed by atoms with van der Waals surface area (Å²) in [5, 5.41) is 21.0. The van der Waals surface area contributed by atoms with Gasteiger partial charge in [0.05, 0.1) is 10.8 Å². The van der Waals surface area contributed by atoms with E-state index >= 15 is 0 Å². The molecule has 0 radical (unpaired) electrons. The molecule has 4 heterocycles. The lowest BCUT2D eigenvalue weighted by Gasteiger charge is -2.10. The van der Waals surface area contributed by atoms with E-state index in [2.05, 4.69) is 111 Å². The normalized spacial score (nSPS) is 10.6. The van der Waals surface area contributed by atoms with Gasteiger partial charge >= 0.3 is 0 Å². The van der Waals surface area contributed by atoms with Crippen molar-refractivity contribution < 1.29 is 9.59 Å². The molecule has 320 valence electrons. The summed E-state index contributed by atoms with van der Waals surface area (Å²) in [4.78, 5) is 39.7. The molecule has 0 spiro atoms. The molecular formula is C48H49ClN12O2. The average molecular weight is 861 g/mol. The number of hydrogen-bond donors (Lipinski definition) is 4. The summed E-state index contributed by atoms with van der Waals surface area (Å²) < 4.78 is 3.43. The first-order valence-corrected chi connectivity index (χ1v) is 20.3. The van der Waals surface area contributed by atoms with Crippen molar-refractivity contribution in [3.8, 4) is 0 Å². The zero-order valence-electron chi connectivity index (χ0n) is 36.1. The molecule has 8 rings (SSSR count). The second-order valence-electron chi connectivity index (χ2n) is 14.8. The molecule has 0 saturated heterocycles. The Balaban J connectivity index is 0.000000176. The van der Waals surface area contributed by atoms with Crippen LogP contribution in [0.1, 0.15) is 33.4 Å². The van der Waals surface area contributed by atoms with Crippen molar-refractivity contribution in [3.63, 3.8) is 0 Å². The van der Waals surface area contributed by atoms with Gasteiger partial charge in [-0.2, -0.15) is 20.2 Å². The quantitative estimate of drug-likeness (QED) is 0.0519. The lowest BCUT2D eigenvalue weighted by Crippen LogP contribution is -2.00. The van der Waals surface area contributed by atoms with E-state index in [-0.39, 0.29) is 16.9 Å². The number of ketones is 2. The van der Waals surface area contributed by atoms with Crippen LogP contribution in [0.4, 0.5) is 40.3 Å². The number of aromatic nitrogens is 8. The van der Waals surface area contributed by atoms with Crippen LogP contribution in [0.2, 0.25) is 5.28 Å². The summed E-state index contributed by atoms with van der Waals surface area (Å²) >= 11 is 5.83. The number of rotatable bonds is 12. The van der Waals surface area contributed by atoms with Crippen molar-refractivity contribution in [2.24, 2.45) is 14.1 Å². The first kappa shape index (κ1) is 44.8. The second kappa shape index (κ2) is 20.2. The van der Waals surface area contributed by atoms with Crippen LogP contribution in [-0.2, 0) is 36.5 Å². The Morgan fingerprint density at radius 1 is 0.635 bits per heavy atom. The monoisotopic (exact) mass is 860 g/mol. The number of anilines is 7. The number of fused-ring (bicyclic) bond motifs is 2. The summed E-state index contributed by atoms with van der Waals surface area (Å²) in [6.45, 7) is 15.2. The third-order valence-corrected chi connectivity index (χ3v) is 10.2. The smallest absolute Gasteiger partial charge is 0.229 e. The molecule has 14 nitrogen and oxygen atoms in total. The Bertz CT molecular complexity index is 2900. The molecule has 0 aliphatic rings. The molecular weight excluding hydrogens is 812 g/mol. The number of benzene rings is 4. The van der Waals surface area contributed by atoms with Gasteiger partial charge in [-0.1, -0.05) is 73.8 Å².